The van der Waals surface area contributed by atoms with E-state index in [1.54, 1.807) is 0 Å². The van der Waals surface area contributed by atoms with Crippen LogP contribution in [0.3, 0.4) is 0 Å². The zero-order valence-electron chi connectivity index (χ0n) is 5.45. The zero-order chi connectivity index (χ0) is 8.27. The van der Waals surface area contributed by atoms with Crippen molar-refractivity contribution in [1.29, 1.82) is 0 Å². The zero-order valence-corrected chi connectivity index (χ0v) is 6.21. The summed E-state index contributed by atoms with van der Waals surface area (Å²) in [7, 11) is 0. The number of carboxylic acids is 1. The summed E-state index contributed by atoms with van der Waals surface area (Å²) in [6, 6.07) is 1.53. The highest BCUT2D eigenvalue weighted by atomic mass is 35.5. The van der Waals surface area contributed by atoms with Crippen LogP contribution in [0, 0.1) is 0 Å². The third-order valence-electron chi connectivity index (χ3n) is 0.978. The van der Waals surface area contributed by atoms with Gasteiger partial charge in [0, 0.05) is 12.1 Å². The van der Waals surface area contributed by atoms with E-state index in [2.05, 4.69) is 0 Å². The van der Waals surface area contributed by atoms with E-state index in [9.17, 15) is 4.79 Å². The summed E-state index contributed by atoms with van der Waals surface area (Å²) in [6.07, 6.45) is 3.65. The van der Waals surface area contributed by atoms with Crippen LogP contribution in [0.1, 0.15) is 5.76 Å². The van der Waals surface area contributed by atoms with Crippen LogP contribution in [0.5, 0.6) is 0 Å². The first-order valence-electron chi connectivity index (χ1n) is 2.83. The molecule has 0 unspecified atom stereocenters. The van der Waals surface area contributed by atoms with Gasteiger partial charge in [0.25, 0.3) is 0 Å². The lowest BCUT2D eigenvalue weighted by Gasteiger charge is -1.79. The molecule has 0 spiro atoms. The van der Waals surface area contributed by atoms with Gasteiger partial charge in [-0.2, -0.15) is 0 Å². The molecule has 0 fully saturated rings. The molecule has 0 aliphatic rings. The van der Waals surface area contributed by atoms with Gasteiger partial charge < -0.3 is 9.52 Å². The van der Waals surface area contributed by atoms with E-state index in [4.69, 9.17) is 21.1 Å². The second kappa shape index (κ2) is 3.25. The number of rotatable bonds is 2. The molecule has 0 saturated heterocycles. The third-order valence-corrected chi connectivity index (χ3v) is 1.18. The van der Waals surface area contributed by atoms with E-state index >= 15 is 0 Å². The minimum Gasteiger partial charge on any atom is -0.478 e. The maximum atomic E-state index is 10.0. The molecule has 0 aliphatic carbocycles. The van der Waals surface area contributed by atoms with Gasteiger partial charge in [-0.3, -0.25) is 0 Å². The second-order valence-corrected chi connectivity index (χ2v) is 2.28. The number of aliphatic carboxylic acids is 1. The van der Waals surface area contributed by atoms with Crippen molar-refractivity contribution in [2.75, 3.05) is 0 Å². The lowest BCUT2D eigenvalue weighted by molar-refractivity contribution is -0.131. The van der Waals surface area contributed by atoms with Gasteiger partial charge in [0.2, 0.25) is 0 Å². The number of furan rings is 1. The molecule has 0 radical (unpaired) electrons. The van der Waals surface area contributed by atoms with E-state index in [0.717, 1.165) is 6.08 Å². The van der Waals surface area contributed by atoms with Gasteiger partial charge in [0.05, 0.1) is 5.02 Å². The second-order valence-electron chi connectivity index (χ2n) is 1.84. The van der Waals surface area contributed by atoms with Crippen molar-refractivity contribution in [3.8, 4) is 0 Å². The summed E-state index contributed by atoms with van der Waals surface area (Å²) in [6.45, 7) is 0. The highest BCUT2D eigenvalue weighted by molar-refractivity contribution is 6.30. The highest BCUT2D eigenvalue weighted by Crippen LogP contribution is 2.13. The Hall–Kier alpha value is -1.22. The van der Waals surface area contributed by atoms with Crippen LogP contribution >= 0.6 is 11.6 Å². The van der Waals surface area contributed by atoms with Gasteiger partial charge in [-0.15, -0.1) is 0 Å². The molecular weight excluding hydrogens is 168 g/mol. The molecule has 0 aromatic carbocycles. The standard InChI is InChI=1S/C7H5ClO3/c8-5-3-6(11-4-5)1-2-7(9)10/h1-4H,(H,9,10). The maximum Gasteiger partial charge on any atom is 0.328 e. The van der Waals surface area contributed by atoms with Gasteiger partial charge in [-0.1, -0.05) is 11.6 Å². The summed E-state index contributed by atoms with van der Waals surface area (Å²) in [5.41, 5.74) is 0. The number of halogens is 1. The van der Waals surface area contributed by atoms with Gasteiger partial charge in [0.15, 0.2) is 0 Å². The smallest absolute Gasteiger partial charge is 0.328 e. The van der Waals surface area contributed by atoms with Crippen molar-refractivity contribution in [2.24, 2.45) is 0 Å². The Bertz CT molecular complexity index is 288. The summed E-state index contributed by atoms with van der Waals surface area (Å²) < 4.78 is 4.83. The minimum absolute atomic E-state index is 0.428. The Morgan fingerprint density at radius 2 is 2.45 bits per heavy atom. The Labute approximate surface area is 67.9 Å². The molecule has 1 aromatic heterocycles. The molecule has 1 heterocycles. The first-order chi connectivity index (χ1) is 5.18. The molecule has 0 saturated carbocycles. The Balaban J connectivity index is 2.71. The van der Waals surface area contributed by atoms with Gasteiger partial charge in [-0.05, 0) is 6.08 Å². The van der Waals surface area contributed by atoms with Crippen LogP contribution < -0.4 is 0 Å². The molecule has 0 bridgehead atoms. The van der Waals surface area contributed by atoms with Crippen LogP contribution in [-0.4, -0.2) is 11.1 Å². The van der Waals surface area contributed by atoms with Crippen LogP contribution in [0.15, 0.2) is 22.8 Å². The molecule has 1 rings (SSSR count). The van der Waals surface area contributed by atoms with Gasteiger partial charge in [0.1, 0.15) is 12.0 Å². The van der Waals surface area contributed by atoms with Crippen molar-refractivity contribution in [3.63, 3.8) is 0 Å². The summed E-state index contributed by atoms with van der Waals surface area (Å²) >= 11 is 5.50. The fourth-order valence-corrected chi connectivity index (χ4v) is 0.721. The largest absolute Gasteiger partial charge is 0.478 e. The topological polar surface area (TPSA) is 50.4 Å². The minimum atomic E-state index is -1.02. The Kier molecular flexibility index (Phi) is 2.33. The van der Waals surface area contributed by atoms with Crippen molar-refractivity contribution < 1.29 is 14.3 Å². The SMILES string of the molecule is O=C(O)C=Cc1cc(Cl)co1. The molecule has 0 aliphatic heterocycles. The van der Waals surface area contributed by atoms with E-state index in [1.807, 2.05) is 0 Å². The van der Waals surface area contributed by atoms with E-state index < -0.39 is 5.97 Å². The molecular formula is C7H5ClO3. The molecule has 4 heteroatoms. The van der Waals surface area contributed by atoms with Crippen molar-refractivity contribution in [1.82, 2.24) is 0 Å². The molecule has 1 aromatic rings. The van der Waals surface area contributed by atoms with Crippen molar-refractivity contribution in [2.45, 2.75) is 0 Å². The predicted octanol–water partition coefficient (Wildman–Crippen LogP) is 2.03. The van der Waals surface area contributed by atoms with Crippen LogP contribution in [0.4, 0.5) is 0 Å². The molecule has 58 valence electrons. The van der Waals surface area contributed by atoms with Gasteiger partial charge in [-0.25, -0.2) is 4.79 Å². The number of carbonyl (C=O) groups is 1. The first kappa shape index (κ1) is 7.88. The summed E-state index contributed by atoms with van der Waals surface area (Å²) in [5.74, 6) is -0.588. The normalized spacial score (nSPS) is 10.6. The predicted molar refractivity (Wildman–Crippen MR) is 40.4 cm³/mol. The molecule has 0 atom stereocenters. The fraction of sp³-hybridized carbons (Fsp3) is 0. The Morgan fingerprint density at radius 3 is 2.91 bits per heavy atom. The quantitative estimate of drug-likeness (QED) is 0.695. The van der Waals surface area contributed by atoms with Crippen LogP contribution in [-0.2, 0) is 4.79 Å². The number of hydrogen-bond acceptors (Lipinski definition) is 2. The highest BCUT2D eigenvalue weighted by Gasteiger charge is 1.94. The van der Waals surface area contributed by atoms with Crippen LogP contribution in [0.2, 0.25) is 5.02 Å². The van der Waals surface area contributed by atoms with E-state index in [1.165, 1.54) is 18.4 Å². The van der Waals surface area contributed by atoms with Crippen LogP contribution in [0.25, 0.3) is 6.08 Å². The first-order valence-corrected chi connectivity index (χ1v) is 3.21. The molecule has 3 nitrogen and oxygen atoms in total. The van der Waals surface area contributed by atoms with Crippen molar-refractivity contribution in [3.05, 3.63) is 29.2 Å². The molecule has 0 amide bonds. The fourth-order valence-electron chi connectivity index (χ4n) is 0.569. The lowest BCUT2D eigenvalue weighted by Crippen LogP contribution is -1.84. The van der Waals surface area contributed by atoms with Crippen molar-refractivity contribution >= 4 is 23.6 Å². The van der Waals surface area contributed by atoms with E-state index in [-0.39, 0.29) is 0 Å². The van der Waals surface area contributed by atoms with Gasteiger partial charge >= 0.3 is 5.97 Å². The van der Waals surface area contributed by atoms with E-state index in [0.29, 0.717) is 10.8 Å². The monoisotopic (exact) mass is 172 g/mol. The summed E-state index contributed by atoms with van der Waals surface area (Å²) in [4.78, 5) is 10.0. The average molecular weight is 173 g/mol. The lowest BCUT2D eigenvalue weighted by atomic mass is 10.4. The number of hydrogen-bond donors (Lipinski definition) is 1. The average Bonchev–Trinajstić information content (AvgIpc) is 2.31. The number of carboxylic acid groups (broad SMARTS) is 1. The molecule has 1 N–H and O–H groups in total. The Morgan fingerprint density at radius 1 is 1.73 bits per heavy atom. The summed E-state index contributed by atoms with van der Waals surface area (Å²) in [5, 5.41) is 8.67. The maximum absolute atomic E-state index is 10.0. The molecule has 11 heavy (non-hydrogen) atoms. The third kappa shape index (κ3) is 2.47.